The number of nitrogens with two attached hydrogens (primary N) is 3. The number of phenolic OH excluding ortho intramolecular Hbond substituents is 1. The minimum atomic E-state index is -1.41. The van der Waals surface area contributed by atoms with E-state index in [1.54, 1.807) is 70.2 Å². The average Bonchev–Trinajstić information content (AvgIpc) is 3.17. The predicted octanol–water partition coefficient (Wildman–Crippen LogP) is -1.23. The summed E-state index contributed by atoms with van der Waals surface area (Å²) in [6, 6.07) is 8.61. The van der Waals surface area contributed by atoms with Gasteiger partial charge in [-0.25, -0.2) is 0 Å². The Hall–Kier alpha value is -5.54. The molecule has 0 spiro atoms. The van der Waals surface area contributed by atoms with Crippen molar-refractivity contribution in [1.82, 2.24) is 31.9 Å². The number of benzene rings is 2. The minimum Gasteiger partial charge on any atom is -0.508 e. The number of phenols is 1. The van der Waals surface area contributed by atoms with Crippen LogP contribution in [0.3, 0.4) is 0 Å². The van der Waals surface area contributed by atoms with Crippen molar-refractivity contribution >= 4 is 69.0 Å². The second-order valence-corrected chi connectivity index (χ2v) is 18.3. The Morgan fingerprint density at radius 2 is 1.54 bits per heavy atom. The second-order valence-electron chi connectivity index (χ2n) is 14.9. The fourth-order valence-corrected chi connectivity index (χ4v) is 8.60. The molecule has 21 heteroatoms. The smallest absolute Gasteiger partial charge is 0.322 e. The van der Waals surface area contributed by atoms with Crippen LogP contribution in [-0.2, 0) is 46.4 Å². The molecule has 2 aromatic rings. The first-order valence-corrected chi connectivity index (χ1v) is 20.8. The molecule has 1 aliphatic rings. The zero-order chi connectivity index (χ0) is 43.9. The number of carboxylic acid groups (broad SMARTS) is 1. The Morgan fingerprint density at radius 3 is 2.17 bits per heavy atom. The van der Waals surface area contributed by atoms with E-state index in [4.69, 9.17) is 22.3 Å². The molecule has 19 nitrogen and oxygen atoms in total. The maximum atomic E-state index is 14.3. The second kappa shape index (κ2) is 22.0. The van der Waals surface area contributed by atoms with Crippen LogP contribution in [0.2, 0.25) is 0 Å². The molecule has 3 rings (SSSR count). The molecule has 0 bridgehead atoms. The van der Waals surface area contributed by atoms with Gasteiger partial charge in [-0.1, -0.05) is 64.1 Å². The zero-order valence-corrected chi connectivity index (χ0v) is 34.9. The van der Waals surface area contributed by atoms with Crippen molar-refractivity contribution in [3.05, 3.63) is 65.7 Å². The maximum Gasteiger partial charge on any atom is 0.322 e. The van der Waals surface area contributed by atoms with Crippen molar-refractivity contribution in [2.24, 2.45) is 22.2 Å². The van der Waals surface area contributed by atoms with Crippen LogP contribution in [0.15, 0.2) is 59.6 Å². The molecule has 0 radical (unpaired) electrons. The van der Waals surface area contributed by atoms with Crippen LogP contribution in [0.4, 0.5) is 0 Å². The number of aromatic hydroxyl groups is 1. The van der Waals surface area contributed by atoms with Crippen LogP contribution in [-0.4, -0.2) is 117 Å². The molecule has 2 aromatic carbocycles. The number of carbonyl (C=O) groups is 7. The topological polar surface area (TPSA) is 323 Å². The van der Waals surface area contributed by atoms with Crippen LogP contribution in [0.1, 0.15) is 51.7 Å². The molecule has 1 unspecified atom stereocenters. The third kappa shape index (κ3) is 15.6. The van der Waals surface area contributed by atoms with Gasteiger partial charge in [-0.05, 0) is 70.2 Å². The van der Waals surface area contributed by atoms with Gasteiger partial charge in [0, 0.05) is 22.5 Å². The SMILES string of the molecule is CC1(C)SSC(C)(C)[C@H](C(=O)N[C@@H](CCCN=C(N)N)C(=O)NCC(=O)O)NC(=O)[C@H](Cc2ccccc2)NC(=O)CNC(=O)C1NC(=O)[C@@H](N)Cc1ccc(O)cc1. The van der Waals surface area contributed by atoms with E-state index >= 15 is 0 Å². The number of nitrogens with one attached hydrogen (secondary N) is 6. The highest BCUT2D eigenvalue weighted by Crippen LogP contribution is 2.46. The van der Waals surface area contributed by atoms with E-state index in [-0.39, 0.29) is 43.9 Å². The summed E-state index contributed by atoms with van der Waals surface area (Å²) >= 11 is 0. The van der Waals surface area contributed by atoms with Gasteiger partial charge < -0.3 is 59.3 Å². The van der Waals surface area contributed by atoms with Gasteiger partial charge in [-0.15, -0.1) is 0 Å². The summed E-state index contributed by atoms with van der Waals surface area (Å²) in [6.45, 7) is 5.46. The van der Waals surface area contributed by atoms with Gasteiger partial charge in [0.25, 0.3) is 0 Å². The molecule has 14 N–H and O–H groups in total. The Labute approximate surface area is 350 Å². The molecule has 59 heavy (non-hydrogen) atoms. The number of carboxylic acids is 1. The molecular formula is C38H54N10O9S2. The number of aliphatic carboxylic acids is 1. The van der Waals surface area contributed by atoms with Crippen molar-refractivity contribution in [2.45, 2.75) is 93.1 Å². The van der Waals surface area contributed by atoms with Crippen LogP contribution >= 0.6 is 21.6 Å². The standard InChI is InChI=1S/C38H54N10O9S2/c1-37(2)29(47-31(53)24(39)17-22-12-14-23(49)15-13-22)34(56)43-19-27(50)45-26(18-21-9-6-5-7-10-21)33(55)48-30(38(3,4)59-58-37)35(57)46-25(11-8-16-42-36(40)41)32(54)44-20-28(51)52/h5-7,9-10,12-15,24-26,29-30,49H,8,11,16-20,39H2,1-4H3,(H,43,56)(H,44,54)(H,45,50)(H,46,57)(H,47,53)(H,48,55)(H,51,52)(H4,40,41,42)/t24-,25-,26-,29?,30-/m0/s1. The lowest BCUT2D eigenvalue weighted by Gasteiger charge is -2.39. The van der Waals surface area contributed by atoms with Gasteiger partial charge in [0.15, 0.2) is 5.96 Å². The first-order chi connectivity index (χ1) is 27.7. The lowest BCUT2D eigenvalue weighted by atomic mass is 9.99. The van der Waals surface area contributed by atoms with Crippen molar-refractivity contribution < 1.29 is 43.8 Å². The molecule has 6 amide bonds. The van der Waals surface area contributed by atoms with Crippen molar-refractivity contribution in [3.8, 4) is 5.75 Å². The summed E-state index contributed by atoms with van der Waals surface area (Å²) in [7, 11) is 2.24. The molecule has 1 aliphatic heterocycles. The van der Waals surface area contributed by atoms with E-state index in [2.05, 4.69) is 36.9 Å². The largest absolute Gasteiger partial charge is 0.508 e. The Morgan fingerprint density at radius 1 is 0.898 bits per heavy atom. The highest BCUT2D eigenvalue weighted by Gasteiger charge is 2.45. The molecule has 0 aliphatic carbocycles. The third-order valence-corrected chi connectivity index (χ3v) is 13.3. The van der Waals surface area contributed by atoms with Gasteiger partial charge in [-0.2, -0.15) is 0 Å². The highest BCUT2D eigenvalue weighted by molar-refractivity contribution is 8.77. The van der Waals surface area contributed by atoms with Crippen LogP contribution in [0, 0.1) is 0 Å². The lowest BCUT2D eigenvalue weighted by molar-refractivity contribution is -0.138. The number of carbonyl (C=O) groups excluding carboxylic acids is 6. The van der Waals surface area contributed by atoms with Gasteiger partial charge in [0.2, 0.25) is 35.4 Å². The Balaban J connectivity index is 2.01. The predicted molar refractivity (Wildman–Crippen MR) is 225 cm³/mol. The van der Waals surface area contributed by atoms with E-state index in [1.165, 1.54) is 12.1 Å². The van der Waals surface area contributed by atoms with E-state index < -0.39 is 94.2 Å². The summed E-state index contributed by atoms with van der Waals surface area (Å²) in [5.74, 6) is -5.93. The molecular weight excluding hydrogens is 805 g/mol. The van der Waals surface area contributed by atoms with E-state index in [1.807, 2.05) is 0 Å². The monoisotopic (exact) mass is 858 g/mol. The molecule has 0 saturated carbocycles. The summed E-state index contributed by atoms with van der Waals surface area (Å²) in [4.78, 5) is 97.5. The first-order valence-electron chi connectivity index (χ1n) is 18.7. The fraction of sp³-hybridized carbons (Fsp3) is 0.474. The number of hydrogen-bond acceptors (Lipinski definition) is 12. The number of hydrogen-bond donors (Lipinski definition) is 11. The quantitative estimate of drug-likeness (QED) is 0.0433. The summed E-state index contributed by atoms with van der Waals surface area (Å²) in [6.07, 6.45) is 0.281. The molecule has 1 fully saturated rings. The van der Waals surface area contributed by atoms with Crippen LogP contribution in [0.25, 0.3) is 0 Å². The molecule has 0 aromatic heterocycles. The summed E-state index contributed by atoms with van der Waals surface area (Å²) in [5.41, 5.74) is 18.4. The Bertz CT molecular complexity index is 1840. The van der Waals surface area contributed by atoms with Gasteiger partial charge >= 0.3 is 5.97 Å². The molecule has 1 saturated heterocycles. The average molecular weight is 859 g/mol. The van der Waals surface area contributed by atoms with Gasteiger partial charge in [0.05, 0.1) is 12.6 Å². The van der Waals surface area contributed by atoms with E-state index in [0.29, 0.717) is 11.1 Å². The molecule has 1 heterocycles. The number of nitrogens with zero attached hydrogens (tertiary/aromatic N) is 1. The number of rotatable bonds is 15. The number of aliphatic imine (C=N–C) groups is 1. The third-order valence-electron chi connectivity index (χ3n) is 9.04. The first kappa shape index (κ1) is 47.8. The fourth-order valence-electron chi connectivity index (χ4n) is 5.78. The van der Waals surface area contributed by atoms with Crippen molar-refractivity contribution in [2.75, 3.05) is 19.6 Å². The maximum absolute atomic E-state index is 14.3. The van der Waals surface area contributed by atoms with Crippen molar-refractivity contribution in [1.29, 1.82) is 0 Å². The normalized spacial score (nSPS) is 20.5. The van der Waals surface area contributed by atoms with E-state index in [9.17, 15) is 38.7 Å². The lowest BCUT2D eigenvalue weighted by Crippen LogP contribution is -2.63. The number of amides is 6. The van der Waals surface area contributed by atoms with Crippen LogP contribution in [0.5, 0.6) is 5.75 Å². The summed E-state index contributed by atoms with van der Waals surface area (Å²) in [5, 5.41) is 34.4. The van der Waals surface area contributed by atoms with Crippen molar-refractivity contribution in [3.63, 3.8) is 0 Å². The summed E-state index contributed by atoms with van der Waals surface area (Å²) < 4.78 is -2.40. The van der Waals surface area contributed by atoms with Gasteiger partial charge in [-0.3, -0.25) is 38.6 Å². The zero-order valence-electron chi connectivity index (χ0n) is 33.3. The molecule has 5 atom stereocenters. The van der Waals surface area contributed by atoms with Crippen LogP contribution < -0.4 is 49.1 Å². The minimum absolute atomic E-state index is 0.00133. The van der Waals surface area contributed by atoms with Gasteiger partial charge in [0.1, 0.15) is 36.5 Å². The van der Waals surface area contributed by atoms with E-state index in [0.717, 1.165) is 21.6 Å². The molecule has 322 valence electrons. The Kier molecular flexibility index (Phi) is 17.8. The number of guanidine groups is 1. The highest BCUT2D eigenvalue weighted by atomic mass is 33.1.